The van der Waals surface area contributed by atoms with Gasteiger partial charge in [-0.3, -0.25) is 0 Å². The van der Waals surface area contributed by atoms with Crippen LogP contribution in [0.4, 0.5) is 0 Å². The first-order valence-electron chi connectivity index (χ1n) is 7.17. The molecule has 0 bridgehead atoms. The highest BCUT2D eigenvalue weighted by molar-refractivity contribution is 7.99. The van der Waals surface area contributed by atoms with Crippen LogP contribution in [0.5, 0.6) is 5.75 Å². The average molecular weight is 305 g/mol. The van der Waals surface area contributed by atoms with Crippen molar-refractivity contribution >= 4 is 11.8 Å². The van der Waals surface area contributed by atoms with Crippen molar-refractivity contribution in [3.63, 3.8) is 0 Å². The highest BCUT2D eigenvalue weighted by Crippen LogP contribution is 2.37. The van der Waals surface area contributed by atoms with Crippen LogP contribution >= 0.6 is 11.8 Å². The fourth-order valence-corrected chi connectivity index (χ4v) is 3.08. The number of thioether (sulfide) groups is 1. The maximum absolute atomic E-state index is 6.31. The number of benzene rings is 1. The first kappa shape index (κ1) is 14.3. The second-order valence-corrected chi connectivity index (χ2v) is 6.01. The third kappa shape index (κ3) is 3.36. The van der Waals surface area contributed by atoms with Crippen LogP contribution in [0, 0.1) is 0 Å². The minimum absolute atomic E-state index is 0.109. The molecule has 0 aliphatic heterocycles. The summed E-state index contributed by atoms with van der Waals surface area (Å²) >= 11 is 1.60. The monoisotopic (exact) mass is 305 g/mol. The SMILES string of the molecule is CCOc1ccccc1C(N)CSc1nnnn1C1CC1. The highest BCUT2D eigenvalue weighted by atomic mass is 32.2. The zero-order valence-corrected chi connectivity index (χ0v) is 12.8. The van der Waals surface area contributed by atoms with Crippen LogP contribution < -0.4 is 10.5 Å². The molecule has 7 heteroatoms. The van der Waals surface area contributed by atoms with Crippen LogP contribution in [0.2, 0.25) is 0 Å². The van der Waals surface area contributed by atoms with E-state index >= 15 is 0 Å². The highest BCUT2D eigenvalue weighted by Gasteiger charge is 2.28. The molecular weight excluding hydrogens is 286 g/mol. The summed E-state index contributed by atoms with van der Waals surface area (Å²) in [6, 6.07) is 8.28. The molecule has 0 saturated heterocycles. The van der Waals surface area contributed by atoms with Crippen molar-refractivity contribution in [1.82, 2.24) is 20.2 Å². The van der Waals surface area contributed by atoms with Gasteiger partial charge in [-0.15, -0.1) is 5.10 Å². The Labute approximate surface area is 128 Å². The van der Waals surface area contributed by atoms with Gasteiger partial charge in [0.05, 0.1) is 12.6 Å². The van der Waals surface area contributed by atoms with Crippen molar-refractivity contribution in [1.29, 1.82) is 0 Å². The van der Waals surface area contributed by atoms with Gasteiger partial charge in [-0.25, -0.2) is 4.68 Å². The summed E-state index contributed by atoms with van der Waals surface area (Å²) in [6.07, 6.45) is 2.33. The van der Waals surface area contributed by atoms with Crippen LogP contribution in [0.1, 0.15) is 37.4 Å². The van der Waals surface area contributed by atoms with Gasteiger partial charge < -0.3 is 10.5 Å². The van der Waals surface area contributed by atoms with Crippen molar-refractivity contribution in [3.05, 3.63) is 29.8 Å². The number of para-hydroxylation sites is 1. The predicted molar refractivity (Wildman–Crippen MR) is 81.4 cm³/mol. The topological polar surface area (TPSA) is 78.8 Å². The summed E-state index contributed by atoms with van der Waals surface area (Å²) in [5, 5.41) is 12.7. The number of rotatable bonds is 7. The quantitative estimate of drug-likeness (QED) is 0.790. The van der Waals surface area contributed by atoms with E-state index in [1.54, 1.807) is 11.8 Å². The number of nitrogens with zero attached hydrogens (tertiary/aromatic N) is 4. The van der Waals surface area contributed by atoms with E-state index in [4.69, 9.17) is 10.5 Å². The number of nitrogens with two attached hydrogens (primary N) is 1. The first-order valence-corrected chi connectivity index (χ1v) is 8.16. The summed E-state index contributed by atoms with van der Waals surface area (Å²) in [6.45, 7) is 2.61. The summed E-state index contributed by atoms with van der Waals surface area (Å²) in [7, 11) is 0. The fourth-order valence-electron chi connectivity index (χ4n) is 2.16. The van der Waals surface area contributed by atoms with Gasteiger partial charge in [0, 0.05) is 17.4 Å². The largest absolute Gasteiger partial charge is 0.494 e. The number of aromatic nitrogens is 4. The second kappa shape index (κ2) is 6.44. The van der Waals surface area contributed by atoms with Gasteiger partial charge >= 0.3 is 0 Å². The molecular formula is C14H19N5OS. The Kier molecular flexibility index (Phi) is 4.40. The van der Waals surface area contributed by atoms with Gasteiger partial charge in [0.15, 0.2) is 0 Å². The molecule has 6 nitrogen and oxygen atoms in total. The summed E-state index contributed by atoms with van der Waals surface area (Å²) in [5.74, 6) is 1.58. The Bertz CT molecular complexity index is 599. The summed E-state index contributed by atoms with van der Waals surface area (Å²) < 4.78 is 7.54. The molecule has 1 aromatic carbocycles. The van der Waals surface area contributed by atoms with Crippen LogP contribution in [0.25, 0.3) is 0 Å². The van der Waals surface area contributed by atoms with Crippen LogP contribution in [-0.2, 0) is 0 Å². The van der Waals surface area contributed by atoms with Crippen molar-refractivity contribution in [3.8, 4) is 5.75 Å². The van der Waals surface area contributed by atoms with Gasteiger partial charge in [0.2, 0.25) is 5.16 Å². The minimum atomic E-state index is -0.109. The van der Waals surface area contributed by atoms with E-state index in [0.29, 0.717) is 12.6 Å². The predicted octanol–water partition coefficient (Wildman–Crippen LogP) is 2.20. The molecule has 1 fully saturated rings. The van der Waals surface area contributed by atoms with Gasteiger partial charge in [-0.1, -0.05) is 30.0 Å². The van der Waals surface area contributed by atoms with Gasteiger partial charge in [-0.2, -0.15) is 0 Å². The summed E-state index contributed by atoms with van der Waals surface area (Å²) in [4.78, 5) is 0. The molecule has 1 atom stereocenters. The molecule has 1 aliphatic rings. The van der Waals surface area contributed by atoms with Crippen molar-refractivity contribution < 1.29 is 4.74 Å². The lowest BCUT2D eigenvalue weighted by molar-refractivity contribution is 0.335. The molecule has 2 N–H and O–H groups in total. The number of hydrogen-bond acceptors (Lipinski definition) is 6. The Morgan fingerprint density at radius 3 is 3.00 bits per heavy atom. The van der Waals surface area contributed by atoms with E-state index in [-0.39, 0.29) is 6.04 Å². The van der Waals surface area contributed by atoms with E-state index in [2.05, 4.69) is 15.5 Å². The van der Waals surface area contributed by atoms with Gasteiger partial charge in [0.25, 0.3) is 0 Å². The zero-order valence-electron chi connectivity index (χ0n) is 12.0. The van der Waals surface area contributed by atoms with Crippen molar-refractivity contribution in [2.45, 2.75) is 37.0 Å². The lowest BCUT2D eigenvalue weighted by Gasteiger charge is -2.15. The van der Waals surface area contributed by atoms with Crippen molar-refractivity contribution in [2.75, 3.05) is 12.4 Å². The molecule has 3 rings (SSSR count). The minimum Gasteiger partial charge on any atom is -0.494 e. The molecule has 0 amide bonds. The van der Waals surface area contributed by atoms with E-state index in [1.807, 2.05) is 35.9 Å². The molecule has 21 heavy (non-hydrogen) atoms. The second-order valence-electron chi connectivity index (χ2n) is 5.03. The number of ether oxygens (including phenoxy) is 1. The average Bonchev–Trinajstić information content (AvgIpc) is 3.24. The molecule has 0 radical (unpaired) electrons. The van der Waals surface area contributed by atoms with Crippen LogP contribution in [-0.4, -0.2) is 32.6 Å². The van der Waals surface area contributed by atoms with Gasteiger partial charge in [0.1, 0.15) is 5.75 Å². The molecule has 1 aromatic heterocycles. The third-order valence-electron chi connectivity index (χ3n) is 3.37. The number of hydrogen-bond donors (Lipinski definition) is 1. The van der Waals surface area contributed by atoms with Gasteiger partial charge in [-0.05, 0) is 36.3 Å². The number of tetrazole rings is 1. The first-order chi connectivity index (χ1) is 10.3. The third-order valence-corrected chi connectivity index (χ3v) is 4.42. The molecule has 2 aromatic rings. The Morgan fingerprint density at radius 2 is 2.24 bits per heavy atom. The molecule has 0 spiro atoms. The van der Waals surface area contributed by atoms with E-state index < -0.39 is 0 Å². The molecule has 1 saturated carbocycles. The normalized spacial score (nSPS) is 15.9. The van der Waals surface area contributed by atoms with E-state index in [1.165, 1.54) is 0 Å². The Hall–Kier alpha value is -1.60. The van der Waals surface area contributed by atoms with Crippen molar-refractivity contribution in [2.24, 2.45) is 5.73 Å². The van der Waals surface area contributed by atoms with Crippen LogP contribution in [0.15, 0.2) is 29.4 Å². The molecule has 1 unspecified atom stereocenters. The smallest absolute Gasteiger partial charge is 0.209 e. The standard InChI is InChI=1S/C14H19N5OS/c1-2-20-13-6-4-3-5-11(13)12(15)9-21-14-16-17-18-19(14)10-7-8-10/h3-6,10,12H,2,7-9,15H2,1H3. The maximum atomic E-state index is 6.31. The fraction of sp³-hybridized carbons (Fsp3) is 0.500. The lowest BCUT2D eigenvalue weighted by atomic mass is 10.1. The Morgan fingerprint density at radius 1 is 1.43 bits per heavy atom. The van der Waals surface area contributed by atoms with E-state index in [9.17, 15) is 0 Å². The van der Waals surface area contributed by atoms with Crippen LogP contribution in [0.3, 0.4) is 0 Å². The zero-order chi connectivity index (χ0) is 14.7. The lowest BCUT2D eigenvalue weighted by Crippen LogP contribution is -2.15. The molecule has 112 valence electrons. The molecule has 1 heterocycles. The molecule has 1 aliphatic carbocycles. The Balaban J connectivity index is 1.66. The summed E-state index contributed by atoms with van der Waals surface area (Å²) in [5.41, 5.74) is 7.33. The maximum Gasteiger partial charge on any atom is 0.209 e. The van der Waals surface area contributed by atoms with E-state index in [0.717, 1.165) is 35.1 Å².